The van der Waals surface area contributed by atoms with Crippen LogP contribution in [0, 0.1) is 13.8 Å². The van der Waals surface area contributed by atoms with Crippen LogP contribution < -0.4 is 0 Å². The summed E-state index contributed by atoms with van der Waals surface area (Å²) in [5.74, 6) is 1.83. The molecule has 1 saturated heterocycles. The van der Waals surface area contributed by atoms with Gasteiger partial charge in [-0.05, 0) is 39.5 Å². The molecule has 0 radical (unpaired) electrons. The van der Waals surface area contributed by atoms with Gasteiger partial charge in [-0.2, -0.15) is 0 Å². The zero-order chi connectivity index (χ0) is 11.8. The van der Waals surface area contributed by atoms with Crippen LogP contribution in [0.3, 0.4) is 0 Å². The Bertz CT molecular complexity index is 423. The van der Waals surface area contributed by atoms with E-state index in [2.05, 4.69) is 9.88 Å². The van der Waals surface area contributed by atoms with Crippen molar-refractivity contribution < 1.29 is 4.42 Å². The van der Waals surface area contributed by atoms with E-state index in [0.717, 1.165) is 23.9 Å². The zero-order valence-electron chi connectivity index (χ0n) is 10.8. The number of rotatable bonds is 2. The van der Waals surface area contributed by atoms with Gasteiger partial charge in [-0.1, -0.05) is 11.1 Å². The Morgan fingerprint density at radius 3 is 2.24 bits per heavy atom. The summed E-state index contributed by atoms with van der Waals surface area (Å²) < 4.78 is 5.64. The van der Waals surface area contributed by atoms with Crippen LogP contribution in [0.5, 0.6) is 0 Å². The topological polar surface area (TPSA) is 29.3 Å². The molecule has 0 bridgehead atoms. The molecular formula is C14H20N2O. The van der Waals surface area contributed by atoms with E-state index in [1.165, 1.54) is 38.8 Å². The van der Waals surface area contributed by atoms with Gasteiger partial charge < -0.3 is 4.42 Å². The summed E-state index contributed by atoms with van der Waals surface area (Å²) >= 11 is 0. The molecule has 0 aromatic carbocycles. The molecule has 2 aliphatic rings. The second-order valence-electron chi connectivity index (χ2n) is 5.23. The van der Waals surface area contributed by atoms with Crippen molar-refractivity contribution in [3.8, 4) is 0 Å². The lowest BCUT2D eigenvalue weighted by atomic mass is 10.0. The second kappa shape index (κ2) is 4.30. The van der Waals surface area contributed by atoms with E-state index in [9.17, 15) is 0 Å². The third kappa shape index (κ3) is 2.44. The van der Waals surface area contributed by atoms with Gasteiger partial charge in [0.15, 0.2) is 0 Å². The Labute approximate surface area is 103 Å². The van der Waals surface area contributed by atoms with Gasteiger partial charge in [0.2, 0.25) is 5.89 Å². The Balaban J connectivity index is 1.58. The Morgan fingerprint density at radius 2 is 1.71 bits per heavy atom. The number of nitrogens with zero attached hydrogens (tertiary/aromatic N) is 2. The Hall–Kier alpha value is -1.09. The highest BCUT2D eigenvalue weighted by molar-refractivity contribution is 5.26. The summed E-state index contributed by atoms with van der Waals surface area (Å²) in [5, 5.41) is 0. The van der Waals surface area contributed by atoms with Crippen molar-refractivity contribution in [2.45, 2.75) is 46.1 Å². The molecule has 2 fully saturated rings. The average Bonchev–Trinajstić information content (AvgIpc) is 3.09. The highest BCUT2D eigenvalue weighted by Gasteiger charge is 2.22. The monoisotopic (exact) mass is 232 g/mol. The van der Waals surface area contributed by atoms with Crippen LogP contribution in [-0.4, -0.2) is 23.0 Å². The van der Waals surface area contributed by atoms with Gasteiger partial charge in [0.25, 0.3) is 0 Å². The first-order valence-corrected chi connectivity index (χ1v) is 6.57. The van der Waals surface area contributed by atoms with Crippen LogP contribution in [0.1, 0.15) is 43.0 Å². The molecule has 3 heteroatoms. The van der Waals surface area contributed by atoms with Crippen LogP contribution in [0.25, 0.3) is 0 Å². The first-order chi connectivity index (χ1) is 8.22. The molecule has 0 amide bonds. The molecular weight excluding hydrogens is 212 g/mol. The minimum atomic E-state index is 0.872. The van der Waals surface area contributed by atoms with Crippen molar-refractivity contribution >= 4 is 0 Å². The summed E-state index contributed by atoms with van der Waals surface area (Å²) in [6.07, 6.45) is 5.25. The van der Waals surface area contributed by atoms with Crippen molar-refractivity contribution in [2.24, 2.45) is 0 Å². The van der Waals surface area contributed by atoms with Crippen molar-refractivity contribution in [1.82, 2.24) is 9.88 Å². The van der Waals surface area contributed by atoms with Crippen LogP contribution in [-0.2, 0) is 6.54 Å². The molecule has 1 aliphatic carbocycles. The smallest absolute Gasteiger partial charge is 0.208 e. The lowest BCUT2D eigenvalue weighted by Gasteiger charge is -2.27. The van der Waals surface area contributed by atoms with E-state index in [1.54, 1.807) is 11.1 Å². The van der Waals surface area contributed by atoms with E-state index >= 15 is 0 Å². The maximum absolute atomic E-state index is 5.64. The second-order valence-corrected chi connectivity index (χ2v) is 5.23. The molecule has 0 unspecified atom stereocenters. The summed E-state index contributed by atoms with van der Waals surface area (Å²) in [4.78, 5) is 6.91. The minimum absolute atomic E-state index is 0.872. The average molecular weight is 232 g/mol. The van der Waals surface area contributed by atoms with Gasteiger partial charge >= 0.3 is 0 Å². The van der Waals surface area contributed by atoms with Crippen molar-refractivity contribution in [3.63, 3.8) is 0 Å². The number of allylic oxidation sites excluding steroid dienone is 1. The summed E-state index contributed by atoms with van der Waals surface area (Å²) in [7, 11) is 0. The molecule has 3 nitrogen and oxygen atoms in total. The summed E-state index contributed by atoms with van der Waals surface area (Å²) in [6.45, 7) is 7.20. The van der Waals surface area contributed by atoms with E-state index < -0.39 is 0 Å². The lowest BCUT2D eigenvalue weighted by Crippen LogP contribution is -2.30. The summed E-state index contributed by atoms with van der Waals surface area (Å²) in [5.41, 5.74) is 4.51. The first-order valence-electron chi connectivity index (χ1n) is 6.57. The zero-order valence-corrected chi connectivity index (χ0v) is 10.8. The molecule has 17 heavy (non-hydrogen) atoms. The van der Waals surface area contributed by atoms with Gasteiger partial charge in [0.05, 0.1) is 12.2 Å². The molecule has 0 atom stereocenters. The predicted molar refractivity (Wildman–Crippen MR) is 66.7 cm³/mol. The predicted octanol–water partition coefficient (Wildman–Crippen LogP) is 2.98. The fraction of sp³-hybridized carbons (Fsp3) is 0.643. The molecule has 1 aliphatic heterocycles. The quantitative estimate of drug-likeness (QED) is 0.734. The minimum Gasteiger partial charge on any atom is -0.444 e. The number of aryl methyl sites for hydroxylation is 2. The van der Waals surface area contributed by atoms with Gasteiger partial charge in [0, 0.05) is 13.1 Å². The largest absolute Gasteiger partial charge is 0.444 e. The number of hydrogen-bond acceptors (Lipinski definition) is 3. The SMILES string of the molecule is Cc1nc(CN2CCC(=C3CC3)CC2)oc1C. The van der Waals surface area contributed by atoms with E-state index in [1.807, 2.05) is 13.8 Å². The van der Waals surface area contributed by atoms with Crippen molar-refractivity contribution in [3.05, 3.63) is 28.5 Å². The summed E-state index contributed by atoms with van der Waals surface area (Å²) in [6, 6.07) is 0. The van der Waals surface area contributed by atoms with E-state index in [0.29, 0.717) is 0 Å². The number of oxazole rings is 1. The molecule has 0 spiro atoms. The fourth-order valence-corrected chi connectivity index (χ4v) is 2.55. The van der Waals surface area contributed by atoms with Crippen LogP contribution in [0.2, 0.25) is 0 Å². The van der Waals surface area contributed by atoms with Crippen molar-refractivity contribution in [1.29, 1.82) is 0 Å². The molecule has 92 valence electrons. The third-order valence-corrected chi connectivity index (χ3v) is 3.89. The van der Waals surface area contributed by atoms with Crippen LogP contribution >= 0.6 is 0 Å². The van der Waals surface area contributed by atoms with Crippen LogP contribution in [0.4, 0.5) is 0 Å². The highest BCUT2D eigenvalue weighted by Crippen LogP contribution is 2.36. The maximum atomic E-state index is 5.64. The number of aromatic nitrogens is 1. The Kier molecular flexibility index (Phi) is 2.79. The molecule has 2 heterocycles. The number of piperidine rings is 1. The lowest BCUT2D eigenvalue weighted by molar-refractivity contribution is 0.223. The van der Waals surface area contributed by atoms with Gasteiger partial charge in [-0.15, -0.1) is 0 Å². The highest BCUT2D eigenvalue weighted by atomic mass is 16.4. The van der Waals surface area contributed by atoms with E-state index in [-0.39, 0.29) is 0 Å². The van der Waals surface area contributed by atoms with Crippen molar-refractivity contribution in [2.75, 3.05) is 13.1 Å². The molecule has 3 rings (SSSR count). The van der Waals surface area contributed by atoms with Gasteiger partial charge in [-0.25, -0.2) is 4.98 Å². The fourth-order valence-electron chi connectivity index (χ4n) is 2.55. The number of hydrogen-bond donors (Lipinski definition) is 0. The van der Waals surface area contributed by atoms with Crippen LogP contribution in [0.15, 0.2) is 15.6 Å². The van der Waals surface area contributed by atoms with Gasteiger partial charge in [-0.3, -0.25) is 4.90 Å². The molecule has 1 aromatic heterocycles. The molecule has 1 saturated carbocycles. The first kappa shape index (κ1) is 11.0. The maximum Gasteiger partial charge on any atom is 0.208 e. The van der Waals surface area contributed by atoms with E-state index in [4.69, 9.17) is 4.42 Å². The Morgan fingerprint density at radius 1 is 1.06 bits per heavy atom. The number of likely N-dealkylation sites (tertiary alicyclic amines) is 1. The van der Waals surface area contributed by atoms with Gasteiger partial charge in [0.1, 0.15) is 5.76 Å². The molecule has 1 aromatic rings. The molecule has 0 N–H and O–H groups in total. The normalized spacial score (nSPS) is 21.1. The standard InChI is InChI=1S/C14H20N2O/c1-10-11(2)17-14(15-10)9-16-7-5-13(6-8-16)12-3-4-12/h3-9H2,1-2H3. The third-order valence-electron chi connectivity index (χ3n) is 3.89.